The molecule has 0 aliphatic rings. The van der Waals surface area contributed by atoms with E-state index in [-0.39, 0.29) is 0 Å². The highest BCUT2D eigenvalue weighted by Crippen LogP contribution is 2.31. The lowest BCUT2D eigenvalue weighted by Gasteiger charge is -2.06. The van der Waals surface area contributed by atoms with Crippen LogP contribution in [0.5, 0.6) is 0 Å². The number of nitrogens with zero attached hydrogens (tertiary/aromatic N) is 4. The van der Waals surface area contributed by atoms with Crippen LogP contribution in [0.1, 0.15) is 17.3 Å². The second kappa shape index (κ2) is 6.18. The van der Waals surface area contributed by atoms with Gasteiger partial charge in [-0.25, -0.2) is 9.97 Å². The molecular formula is C15H13BrN4OS. The first-order valence-electron chi connectivity index (χ1n) is 6.71. The van der Waals surface area contributed by atoms with Crippen molar-refractivity contribution < 1.29 is 4.79 Å². The predicted octanol–water partition coefficient (Wildman–Crippen LogP) is 3.72. The summed E-state index contributed by atoms with van der Waals surface area (Å²) in [6.07, 6.45) is 4.17. The van der Waals surface area contributed by atoms with Gasteiger partial charge in [-0.3, -0.25) is 9.78 Å². The molecule has 0 aromatic carbocycles. The summed E-state index contributed by atoms with van der Waals surface area (Å²) in [6, 6.07) is 3.94. The van der Waals surface area contributed by atoms with Gasteiger partial charge in [0.25, 0.3) is 0 Å². The number of carbonyl (C=O) groups is 1. The van der Waals surface area contributed by atoms with Crippen molar-refractivity contribution in [3.8, 4) is 11.5 Å². The minimum absolute atomic E-state index is 0.507. The molecule has 0 amide bonds. The summed E-state index contributed by atoms with van der Waals surface area (Å²) in [4.78, 5) is 25.9. The summed E-state index contributed by atoms with van der Waals surface area (Å²) < 4.78 is 2.51. The Balaban J connectivity index is 2.29. The highest BCUT2D eigenvalue weighted by molar-refractivity contribution is 9.10. The van der Waals surface area contributed by atoms with E-state index < -0.39 is 0 Å². The lowest BCUT2D eigenvalue weighted by Crippen LogP contribution is -1.97. The number of aromatic nitrogens is 4. The fourth-order valence-electron chi connectivity index (χ4n) is 2.27. The number of imidazole rings is 1. The van der Waals surface area contributed by atoms with Crippen molar-refractivity contribution in [1.82, 2.24) is 19.5 Å². The molecule has 0 unspecified atom stereocenters. The van der Waals surface area contributed by atoms with Crippen LogP contribution >= 0.6 is 27.7 Å². The van der Waals surface area contributed by atoms with Gasteiger partial charge in [0.1, 0.15) is 11.2 Å². The molecule has 3 heterocycles. The Morgan fingerprint density at radius 1 is 1.41 bits per heavy atom. The molecule has 22 heavy (non-hydrogen) atoms. The van der Waals surface area contributed by atoms with Crippen LogP contribution in [0.3, 0.4) is 0 Å². The SMILES string of the molecule is CCSc1cccnc1-c1nc2c(C=O)c(Br)cnc2n1C. The maximum absolute atomic E-state index is 11.3. The Hall–Kier alpha value is -1.73. The van der Waals surface area contributed by atoms with Crippen molar-refractivity contribution >= 4 is 45.1 Å². The van der Waals surface area contributed by atoms with Gasteiger partial charge >= 0.3 is 0 Å². The minimum atomic E-state index is 0.507. The second-order valence-corrected chi connectivity index (χ2v) is 6.75. The number of hydrogen-bond acceptors (Lipinski definition) is 5. The number of thioether (sulfide) groups is 1. The van der Waals surface area contributed by atoms with Crippen LogP contribution in [-0.4, -0.2) is 31.6 Å². The maximum Gasteiger partial charge on any atom is 0.161 e. The van der Waals surface area contributed by atoms with Crippen molar-refractivity contribution in [1.29, 1.82) is 0 Å². The zero-order valence-electron chi connectivity index (χ0n) is 12.1. The Labute approximate surface area is 140 Å². The first-order valence-corrected chi connectivity index (χ1v) is 8.49. The summed E-state index contributed by atoms with van der Waals surface area (Å²) in [5, 5.41) is 0. The van der Waals surface area contributed by atoms with Gasteiger partial charge in [0.2, 0.25) is 0 Å². The lowest BCUT2D eigenvalue weighted by atomic mass is 10.2. The molecule has 0 spiro atoms. The fourth-order valence-corrected chi connectivity index (χ4v) is 3.42. The molecule has 0 aliphatic carbocycles. The van der Waals surface area contributed by atoms with E-state index in [9.17, 15) is 4.79 Å². The Morgan fingerprint density at radius 2 is 2.23 bits per heavy atom. The smallest absolute Gasteiger partial charge is 0.161 e. The topological polar surface area (TPSA) is 60.7 Å². The van der Waals surface area contributed by atoms with E-state index in [1.807, 2.05) is 23.7 Å². The molecule has 0 fully saturated rings. The molecule has 0 bridgehead atoms. The quantitative estimate of drug-likeness (QED) is 0.512. The van der Waals surface area contributed by atoms with Crippen LogP contribution in [0.4, 0.5) is 0 Å². The summed E-state index contributed by atoms with van der Waals surface area (Å²) >= 11 is 5.06. The highest BCUT2D eigenvalue weighted by Gasteiger charge is 2.18. The van der Waals surface area contributed by atoms with Gasteiger partial charge in [-0.05, 0) is 33.8 Å². The van der Waals surface area contributed by atoms with Gasteiger partial charge in [-0.2, -0.15) is 0 Å². The fraction of sp³-hybridized carbons (Fsp3) is 0.200. The molecule has 3 aromatic heterocycles. The number of pyridine rings is 2. The van der Waals surface area contributed by atoms with Gasteiger partial charge in [-0.1, -0.05) is 6.92 Å². The molecule has 0 N–H and O–H groups in total. The normalized spacial score (nSPS) is 11.0. The van der Waals surface area contributed by atoms with Crippen LogP contribution in [0.15, 0.2) is 33.9 Å². The zero-order valence-corrected chi connectivity index (χ0v) is 14.5. The van der Waals surface area contributed by atoms with Crippen molar-refractivity contribution in [2.75, 3.05) is 5.75 Å². The largest absolute Gasteiger partial charge is 0.310 e. The lowest BCUT2D eigenvalue weighted by molar-refractivity contribution is 0.112. The monoisotopic (exact) mass is 376 g/mol. The third-order valence-corrected chi connectivity index (χ3v) is 4.84. The average Bonchev–Trinajstić information content (AvgIpc) is 2.85. The number of hydrogen-bond donors (Lipinski definition) is 0. The molecule has 3 rings (SSSR count). The summed E-state index contributed by atoms with van der Waals surface area (Å²) in [5.74, 6) is 1.66. The van der Waals surface area contributed by atoms with E-state index in [0.29, 0.717) is 27.0 Å². The Morgan fingerprint density at radius 3 is 2.95 bits per heavy atom. The van der Waals surface area contributed by atoms with Gasteiger partial charge in [0.15, 0.2) is 17.8 Å². The number of halogens is 1. The van der Waals surface area contributed by atoms with Crippen LogP contribution in [0.25, 0.3) is 22.7 Å². The third kappa shape index (κ3) is 2.44. The van der Waals surface area contributed by atoms with E-state index in [2.05, 4.69) is 37.8 Å². The average molecular weight is 377 g/mol. The van der Waals surface area contributed by atoms with Crippen LogP contribution in [0, 0.1) is 0 Å². The van der Waals surface area contributed by atoms with E-state index in [1.54, 1.807) is 24.2 Å². The van der Waals surface area contributed by atoms with Crippen molar-refractivity contribution in [3.05, 3.63) is 34.6 Å². The van der Waals surface area contributed by atoms with Crippen LogP contribution < -0.4 is 0 Å². The molecule has 0 radical (unpaired) electrons. The number of rotatable bonds is 4. The molecule has 112 valence electrons. The van der Waals surface area contributed by atoms with Gasteiger partial charge < -0.3 is 4.57 Å². The Bertz CT molecular complexity index is 862. The zero-order chi connectivity index (χ0) is 15.7. The number of aryl methyl sites for hydroxylation is 1. The Kier molecular flexibility index (Phi) is 4.26. The van der Waals surface area contributed by atoms with Gasteiger partial charge in [-0.15, -0.1) is 11.8 Å². The minimum Gasteiger partial charge on any atom is -0.310 e. The molecule has 5 nitrogen and oxygen atoms in total. The summed E-state index contributed by atoms with van der Waals surface area (Å²) in [6.45, 7) is 2.10. The highest BCUT2D eigenvalue weighted by atomic mass is 79.9. The van der Waals surface area contributed by atoms with Gasteiger partial charge in [0, 0.05) is 28.8 Å². The molecule has 3 aromatic rings. The van der Waals surface area contributed by atoms with Crippen molar-refractivity contribution in [3.63, 3.8) is 0 Å². The number of fused-ring (bicyclic) bond motifs is 1. The molecule has 0 aliphatic heterocycles. The van der Waals surface area contributed by atoms with E-state index in [4.69, 9.17) is 0 Å². The predicted molar refractivity (Wildman–Crippen MR) is 91.2 cm³/mol. The molecular weight excluding hydrogens is 364 g/mol. The second-order valence-electron chi connectivity index (χ2n) is 4.59. The molecule has 0 saturated carbocycles. The standard InChI is InChI=1S/C15H13BrN4OS/c1-3-22-11-5-4-6-17-13(11)15-19-12-9(8-21)10(16)7-18-14(12)20(15)2/h4-8H,3H2,1-2H3. The molecule has 0 atom stereocenters. The van der Waals surface area contributed by atoms with Gasteiger partial charge in [0.05, 0.1) is 5.56 Å². The number of aldehydes is 1. The van der Waals surface area contributed by atoms with E-state index in [1.165, 1.54) is 0 Å². The summed E-state index contributed by atoms with van der Waals surface area (Å²) in [7, 11) is 1.88. The summed E-state index contributed by atoms with van der Waals surface area (Å²) in [5.41, 5.74) is 2.56. The van der Waals surface area contributed by atoms with Crippen molar-refractivity contribution in [2.24, 2.45) is 7.05 Å². The molecule has 7 heteroatoms. The number of carbonyl (C=O) groups excluding carboxylic acids is 1. The maximum atomic E-state index is 11.3. The van der Waals surface area contributed by atoms with E-state index >= 15 is 0 Å². The first-order chi connectivity index (χ1) is 10.7. The third-order valence-electron chi connectivity index (χ3n) is 3.28. The molecule has 0 saturated heterocycles. The van der Waals surface area contributed by atoms with Crippen LogP contribution in [-0.2, 0) is 7.05 Å². The van der Waals surface area contributed by atoms with Crippen LogP contribution in [0.2, 0.25) is 0 Å². The van der Waals surface area contributed by atoms with Crippen molar-refractivity contribution in [2.45, 2.75) is 11.8 Å². The van der Waals surface area contributed by atoms with E-state index in [0.717, 1.165) is 22.6 Å². The first kappa shape index (κ1) is 15.2.